The molecule has 0 aliphatic rings. The van der Waals surface area contributed by atoms with Crippen LogP contribution in [0.3, 0.4) is 0 Å². The van der Waals surface area contributed by atoms with Crippen molar-refractivity contribution in [2.45, 2.75) is 18.9 Å². The van der Waals surface area contributed by atoms with Crippen LogP contribution < -0.4 is 0 Å². The number of hydrogen-bond acceptors (Lipinski definition) is 1. The minimum Gasteiger partial charge on any atom is -0.388 e. The molecule has 0 heterocycles. The van der Waals surface area contributed by atoms with Crippen LogP contribution in [0.15, 0.2) is 24.3 Å². The number of hydrogen-bond donors (Lipinski definition) is 1. The fourth-order valence-electron chi connectivity index (χ4n) is 1.07. The molecule has 0 aromatic heterocycles. The summed E-state index contributed by atoms with van der Waals surface area (Å²) >= 11 is 5.76. The minimum atomic E-state index is -0.429. The first-order valence-corrected chi connectivity index (χ1v) is 4.34. The first kappa shape index (κ1) is 9.56. The van der Waals surface area contributed by atoms with Crippen molar-refractivity contribution in [2.24, 2.45) is 0 Å². The van der Waals surface area contributed by atoms with E-state index in [2.05, 4.69) is 6.92 Å². The third-order valence-corrected chi connectivity index (χ3v) is 1.95. The fourth-order valence-corrected chi connectivity index (χ4v) is 1.27. The van der Waals surface area contributed by atoms with Gasteiger partial charge in [0.25, 0.3) is 0 Å². The van der Waals surface area contributed by atoms with Crippen LogP contribution in [0.1, 0.15) is 24.5 Å². The fraction of sp³-hybridized carbons (Fsp3) is 0.300. The van der Waals surface area contributed by atoms with Gasteiger partial charge in [-0.1, -0.05) is 37.1 Å². The Morgan fingerprint density at radius 3 is 2.83 bits per heavy atom. The second-order valence-corrected chi connectivity index (χ2v) is 3.15. The predicted molar refractivity (Wildman–Crippen MR) is 51.0 cm³/mol. The SMILES string of the molecule is [CH2]CCC(O)c1cccc(Cl)c1. The molecule has 0 aliphatic heterocycles. The maximum absolute atomic E-state index is 9.55. The lowest BCUT2D eigenvalue weighted by molar-refractivity contribution is 0.168. The molecule has 0 spiro atoms. The standard InChI is InChI=1S/C10H12ClO/c1-2-4-10(12)8-5-3-6-9(11)7-8/h3,5-7,10,12H,1-2,4H2. The summed E-state index contributed by atoms with van der Waals surface area (Å²) in [6.07, 6.45) is 0.981. The molecule has 1 rings (SSSR count). The molecule has 0 bridgehead atoms. The second-order valence-electron chi connectivity index (χ2n) is 2.71. The normalized spacial score (nSPS) is 12.9. The van der Waals surface area contributed by atoms with E-state index in [-0.39, 0.29) is 0 Å². The van der Waals surface area contributed by atoms with Crippen LogP contribution in [-0.2, 0) is 0 Å². The summed E-state index contributed by atoms with van der Waals surface area (Å²) in [6, 6.07) is 7.28. The zero-order chi connectivity index (χ0) is 8.97. The first-order valence-electron chi connectivity index (χ1n) is 3.97. The highest BCUT2D eigenvalue weighted by atomic mass is 35.5. The van der Waals surface area contributed by atoms with Crippen LogP contribution >= 0.6 is 11.6 Å². The van der Waals surface area contributed by atoms with E-state index in [1.54, 1.807) is 12.1 Å². The lowest BCUT2D eigenvalue weighted by atomic mass is 10.1. The van der Waals surface area contributed by atoms with E-state index in [0.29, 0.717) is 11.4 Å². The summed E-state index contributed by atoms with van der Waals surface area (Å²) in [4.78, 5) is 0. The third-order valence-electron chi connectivity index (χ3n) is 1.71. The lowest BCUT2D eigenvalue weighted by Crippen LogP contribution is -1.95. The highest BCUT2D eigenvalue weighted by Gasteiger charge is 2.05. The summed E-state index contributed by atoms with van der Waals surface area (Å²) in [5.41, 5.74) is 0.867. The van der Waals surface area contributed by atoms with E-state index in [4.69, 9.17) is 11.6 Å². The molecule has 12 heavy (non-hydrogen) atoms. The van der Waals surface area contributed by atoms with Crippen molar-refractivity contribution in [2.75, 3.05) is 0 Å². The number of halogens is 1. The Morgan fingerprint density at radius 1 is 1.50 bits per heavy atom. The van der Waals surface area contributed by atoms with Crippen LogP contribution in [0.2, 0.25) is 5.02 Å². The predicted octanol–water partition coefficient (Wildman–Crippen LogP) is 2.99. The number of aliphatic hydroxyl groups is 1. The van der Waals surface area contributed by atoms with Crippen LogP contribution in [-0.4, -0.2) is 5.11 Å². The largest absolute Gasteiger partial charge is 0.388 e. The Morgan fingerprint density at radius 2 is 2.25 bits per heavy atom. The topological polar surface area (TPSA) is 20.2 Å². The van der Waals surface area contributed by atoms with Gasteiger partial charge in [0.05, 0.1) is 6.10 Å². The van der Waals surface area contributed by atoms with Gasteiger partial charge < -0.3 is 5.11 Å². The van der Waals surface area contributed by atoms with E-state index in [9.17, 15) is 5.11 Å². The highest BCUT2D eigenvalue weighted by molar-refractivity contribution is 6.30. The molecule has 1 N–H and O–H groups in total. The summed E-state index contributed by atoms with van der Waals surface area (Å²) in [5, 5.41) is 10.2. The Labute approximate surface area is 78.0 Å². The van der Waals surface area contributed by atoms with Gasteiger partial charge in [0.15, 0.2) is 0 Å². The molecule has 2 heteroatoms. The summed E-state index contributed by atoms with van der Waals surface area (Å²) < 4.78 is 0. The Kier molecular flexibility index (Phi) is 3.57. The van der Waals surface area contributed by atoms with Gasteiger partial charge in [0.2, 0.25) is 0 Å². The first-order chi connectivity index (χ1) is 5.74. The van der Waals surface area contributed by atoms with Gasteiger partial charge in [0.1, 0.15) is 0 Å². The molecule has 1 aromatic carbocycles. The summed E-state index contributed by atoms with van der Waals surface area (Å²) in [7, 11) is 0. The molecule has 1 unspecified atom stereocenters. The molecule has 0 amide bonds. The quantitative estimate of drug-likeness (QED) is 0.764. The number of benzene rings is 1. The van der Waals surface area contributed by atoms with Crippen molar-refractivity contribution >= 4 is 11.6 Å². The smallest absolute Gasteiger partial charge is 0.0790 e. The van der Waals surface area contributed by atoms with Crippen molar-refractivity contribution < 1.29 is 5.11 Å². The molecule has 0 aliphatic carbocycles. The van der Waals surface area contributed by atoms with Gasteiger partial charge in [-0.2, -0.15) is 0 Å². The van der Waals surface area contributed by atoms with Crippen LogP contribution in [0, 0.1) is 6.92 Å². The van der Waals surface area contributed by atoms with Gasteiger partial charge in [-0.25, -0.2) is 0 Å². The molecular formula is C10H12ClO. The molecule has 1 aromatic rings. The molecule has 0 fully saturated rings. The molecule has 65 valence electrons. The lowest BCUT2D eigenvalue weighted by Gasteiger charge is -2.08. The summed E-state index contributed by atoms with van der Waals surface area (Å²) in [6.45, 7) is 3.68. The van der Waals surface area contributed by atoms with Gasteiger partial charge in [0, 0.05) is 5.02 Å². The van der Waals surface area contributed by atoms with E-state index in [1.807, 2.05) is 12.1 Å². The molecule has 1 atom stereocenters. The van der Waals surface area contributed by atoms with Crippen molar-refractivity contribution in [3.05, 3.63) is 41.8 Å². The Balaban J connectivity index is 2.73. The van der Waals surface area contributed by atoms with Crippen LogP contribution in [0.5, 0.6) is 0 Å². The maximum atomic E-state index is 9.55. The molecule has 0 saturated carbocycles. The number of rotatable bonds is 3. The zero-order valence-corrected chi connectivity index (χ0v) is 7.59. The highest BCUT2D eigenvalue weighted by Crippen LogP contribution is 2.20. The molecule has 0 saturated heterocycles. The third kappa shape index (κ3) is 2.50. The zero-order valence-electron chi connectivity index (χ0n) is 6.83. The van der Waals surface area contributed by atoms with Crippen molar-refractivity contribution in [1.29, 1.82) is 0 Å². The van der Waals surface area contributed by atoms with Gasteiger partial charge >= 0.3 is 0 Å². The average molecular weight is 184 g/mol. The van der Waals surface area contributed by atoms with E-state index < -0.39 is 6.10 Å². The van der Waals surface area contributed by atoms with Crippen LogP contribution in [0.4, 0.5) is 0 Å². The van der Waals surface area contributed by atoms with Gasteiger partial charge in [-0.05, 0) is 24.1 Å². The molecule has 1 nitrogen and oxygen atoms in total. The second kappa shape index (κ2) is 4.48. The van der Waals surface area contributed by atoms with E-state index in [0.717, 1.165) is 12.0 Å². The van der Waals surface area contributed by atoms with E-state index >= 15 is 0 Å². The van der Waals surface area contributed by atoms with Crippen molar-refractivity contribution in [1.82, 2.24) is 0 Å². The van der Waals surface area contributed by atoms with Gasteiger partial charge in [-0.15, -0.1) is 0 Å². The maximum Gasteiger partial charge on any atom is 0.0790 e. The Hall–Kier alpha value is -0.530. The number of aliphatic hydroxyl groups excluding tert-OH is 1. The average Bonchev–Trinajstić information content (AvgIpc) is 2.05. The van der Waals surface area contributed by atoms with Crippen molar-refractivity contribution in [3.63, 3.8) is 0 Å². The van der Waals surface area contributed by atoms with Crippen LogP contribution in [0.25, 0.3) is 0 Å². The van der Waals surface area contributed by atoms with E-state index in [1.165, 1.54) is 0 Å². The summed E-state index contributed by atoms with van der Waals surface area (Å²) in [5.74, 6) is 0. The minimum absolute atomic E-state index is 0.429. The molecule has 1 radical (unpaired) electrons. The Bertz CT molecular complexity index is 247. The monoisotopic (exact) mass is 183 g/mol. The van der Waals surface area contributed by atoms with Crippen molar-refractivity contribution in [3.8, 4) is 0 Å². The van der Waals surface area contributed by atoms with Gasteiger partial charge in [-0.3, -0.25) is 0 Å². The molecular weight excluding hydrogens is 172 g/mol.